The average molecular weight is 2040 g/mol. The van der Waals surface area contributed by atoms with Crippen LogP contribution in [0.3, 0.4) is 0 Å². The van der Waals surface area contributed by atoms with Crippen molar-refractivity contribution in [2.45, 2.75) is 0 Å². The van der Waals surface area contributed by atoms with Gasteiger partial charge in [0.05, 0.1) is 0 Å². The highest BCUT2D eigenvalue weighted by molar-refractivity contribution is 7.67. The zero-order chi connectivity index (χ0) is 99.6. The summed E-state index contributed by atoms with van der Waals surface area (Å²) >= 11 is 1.94. The summed E-state index contributed by atoms with van der Waals surface area (Å²) in [6.45, 7) is 0. The Morgan fingerprint density at radius 3 is 0.827 bits per heavy atom. The maximum absolute atomic E-state index is 7.01. The van der Waals surface area contributed by atoms with Crippen LogP contribution in [0, 0.1) is 0 Å². The first-order valence-electron chi connectivity index (χ1n) is 51.5. The molecule has 0 fully saturated rings. The number of ether oxygens (including phenoxy) is 3. The van der Waals surface area contributed by atoms with Crippen LogP contribution in [0.2, 0.25) is 0 Å². The third-order valence-electron chi connectivity index (χ3n) is 31.7. The van der Waals surface area contributed by atoms with Gasteiger partial charge in [-0.1, -0.05) is 555 Å². The van der Waals surface area contributed by atoms with E-state index in [0.717, 1.165) is 78.4 Å². The predicted octanol–water partition coefficient (Wildman–Crippen LogP) is 19.8. The van der Waals surface area contributed by atoms with E-state index >= 15 is 0 Å². The Morgan fingerprint density at radius 1 is 0.173 bits per heavy atom. The van der Waals surface area contributed by atoms with Gasteiger partial charge in [-0.05, 0) is 153 Å². The number of rotatable bonds is 17. The van der Waals surface area contributed by atoms with Crippen LogP contribution in [0.1, 0.15) is 0 Å². The van der Waals surface area contributed by atoms with Crippen molar-refractivity contribution in [3.05, 3.63) is 595 Å². The van der Waals surface area contributed by atoms with Crippen molar-refractivity contribution < 1.29 is 23.0 Å². The number of hydrogen-bond acceptors (Lipinski definition) is 6. The molecule has 23 aromatic carbocycles. The van der Waals surface area contributed by atoms with Crippen LogP contribution >= 0.6 is 11.3 Å². The molecule has 0 saturated heterocycles. The van der Waals surface area contributed by atoms with E-state index in [1.807, 2.05) is 11.3 Å². The van der Waals surface area contributed by atoms with Gasteiger partial charge in [0, 0.05) is 41.7 Å². The van der Waals surface area contributed by atoms with Gasteiger partial charge >= 0.3 is 0 Å². The van der Waals surface area contributed by atoms with Gasteiger partial charge < -0.3 is 23.0 Å². The molecule has 6 heterocycles. The summed E-state index contributed by atoms with van der Waals surface area (Å²) < 4.78 is 36.8. The van der Waals surface area contributed by atoms with E-state index < -0.39 is 47.5 Å². The van der Waals surface area contributed by atoms with Crippen molar-refractivity contribution in [2.75, 3.05) is 0 Å². The van der Waals surface area contributed by atoms with E-state index in [-0.39, 0.29) is 0 Å². The summed E-state index contributed by atoms with van der Waals surface area (Å²) in [7, 11) is -18.0. The molecular formula is C138H98O5SSi6. The van der Waals surface area contributed by atoms with Gasteiger partial charge in [0.2, 0.25) is 0 Å². The van der Waals surface area contributed by atoms with Crippen LogP contribution in [-0.4, -0.2) is 47.5 Å². The van der Waals surface area contributed by atoms with Gasteiger partial charge in [-0.3, -0.25) is 0 Å². The molecule has 0 spiro atoms. The lowest BCUT2D eigenvalue weighted by Crippen LogP contribution is -2.94. The van der Waals surface area contributed by atoms with E-state index in [9.17, 15) is 0 Å². The van der Waals surface area contributed by atoms with E-state index in [2.05, 4.69) is 595 Å². The van der Waals surface area contributed by atoms with E-state index in [4.69, 9.17) is 23.0 Å². The molecule has 0 unspecified atom stereocenters. The lowest BCUT2D eigenvalue weighted by atomic mass is 10.1. The Labute approximate surface area is 881 Å². The first-order valence-corrected chi connectivity index (χ1v) is 65.3. The maximum atomic E-state index is 7.01. The first-order chi connectivity index (χ1) is 74.4. The summed E-state index contributed by atoms with van der Waals surface area (Å²) in [6, 6.07) is 220. The molecule has 12 heteroatoms. The van der Waals surface area contributed by atoms with Crippen LogP contribution in [0.4, 0.5) is 0 Å². The lowest BCUT2D eigenvalue weighted by Gasteiger charge is -2.52. The van der Waals surface area contributed by atoms with Crippen molar-refractivity contribution >= 4 is 237 Å². The highest BCUT2D eigenvalue weighted by Crippen LogP contribution is 2.41. The molecule has 0 atom stereocenters. The third kappa shape index (κ3) is 14.2. The van der Waals surface area contributed by atoms with Crippen molar-refractivity contribution in [2.24, 2.45) is 0 Å². The zero-order valence-electron chi connectivity index (χ0n) is 82.0. The summed E-state index contributed by atoms with van der Waals surface area (Å²) in [4.78, 5) is 0. The number of benzene rings is 23. The number of hydrogen-bond donors (Lipinski definition) is 0. The Hall–Kier alpha value is -17.4. The number of furan rings is 2. The molecule has 0 N–H and O–H groups in total. The van der Waals surface area contributed by atoms with Crippen LogP contribution in [0.15, 0.2) is 603 Å². The average Bonchev–Trinajstić information content (AvgIpc) is 0.962. The molecule has 3 aliphatic heterocycles. The number of thiophene rings is 1. The monoisotopic (exact) mass is 2030 g/mol. The molecular weight excluding hydrogens is 1940 g/mol. The van der Waals surface area contributed by atoms with E-state index in [1.54, 1.807) is 0 Å². The lowest BCUT2D eigenvalue weighted by molar-refractivity contribution is 0.487. The first kappa shape index (κ1) is 91.3. The van der Waals surface area contributed by atoms with E-state index in [0.29, 0.717) is 0 Å². The molecule has 3 aromatic heterocycles. The second kappa shape index (κ2) is 38.1. The minimum absolute atomic E-state index is 0.911. The van der Waals surface area contributed by atoms with E-state index in [1.165, 1.54) is 134 Å². The molecule has 0 bridgehead atoms. The molecule has 150 heavy (non-hydrogen) atoms. The Balaban J connectivity index is 0.000000111. The molecule has 0 amide bonds. The molecule has 710 valence electrons. The second-order valence-electron chi connectivity index (χ2n) is 39.1. The van der Waals surface area contributed by atoms with Gasteiger partial charge in [-0.25, -0.2) is 0 Å². The molecule has 3 aliphatic rings. The zero-order valence-corrected chi connectivity index (χ0v) is 88.8. The highest BCUT2D eigenvalue weighted by atomic mass is 32.1. The molecule has 29 rings (SSSR count). The van der Waals surface area contributed by atoms with Crippen molar-refractivity contribution in [3.8, 4) is 34.5 Å². The standard InChI is InChI=1S/C48H34O2Si2.C48H34OSSi2.C42H30O2Si2/c1-4-18-35(19-5-1)51(36-20-6-2-7-21-36,47-33-17-27-41-40-26-10-11-28-42(40)50-48(41)47)38-24-16-25-39(34-38)52(37-22-8-3-9-23-37)45-31-14-12-29-43(45)49-44-30-13-15-32-46(44)52;1-4-18-35(19-5-1)51(36-20-6-2-7-21-36,47-33-17-27-41-40-26-10-13-30-44(40)50-48(41)47)38-24-16-25-39(34-38)52(37-22-8-3-9-23-37)45-31-14-11-28-42(45)49-43-29-12-15-32-46(43)52;1-4-17-31(18-5-1)45(32-19-6-2-7-20-32,41-30-16-24-35-34-23-10-11-25-36(34)44-42(35)41)46(33-21-8-3-9-22-33)39-28-14-12-26-37(39)43-38-27-13-15-29-40(38)46/h2*1-34H;1-30H. The van der Waals surface area contributed by atoms with Gasteiger partial charge in [-0.2, -0.15) is 0 Å². The minimum atomic E-state index is -3.18. The molecule has 0 aliphatic carbocycles. The largest absolute Gasteiger partial charge is 0.458 e. The number of fused-ring (bicyclic) bond motifs is 15. The van der Waals surface area contributed by atoms with Gasteiger partial charge in [0.15, 0.2) is 47.5 Å². The highest BCUT2D eigenvalue weighted by Gasteiger charge is 2.66. The van der Waals surface area contributed by atoms with Gasteiger partial charge in [-0.15, -0.1) is 11.3 Å². The Bertz CT molecular complexity index is 8900. The topological polar surface area (TPSA) is 54.0 Å². The Morgan fingerprint density at radius 2 is 0.433 bits per heavy atom. The summed E-state index contributed by atoms with van der Waals surface area (Å²) in [5.74, 6) is 5.65. The molecule has 26 aromatic rings. The fraction of sp³-hybridized carbons (Fsp3) is 0. The number of para-hydroxylation sites is 10. The van der Waals surface area contributed by atoms with Crippen LogP contribution in [0.25, 0.3) is 64.0 Å². The van der Waals surface area contributed by atoms with Crippen LogP contribution in [0.5, 0.6) is 34.5 Å². The molecule has 5 nitrogen and oxygen atoms in total. The van der Waals surface area contributed by atoms with Crippen molar-refractivity contribution in [3.63, 3.8) is 0 Å². The smallest absolute Gasteiger partial charge is 0.188 e. The maximum Gasteiger partial charge on any atom is 0.188 e. The summed E-state index contributed by atoms with van der Waals surface area (Å²) in [5, 5.41) is 36.5. The SMILES string of the molecule is c1ccc([Si]2([Si](c3ccccc3)(c3ccccc3)c3cccc4c3oc3ccccc34)c3ccccc3Oc3ccccc32)cc1.c1ccc([Si]2(c3cccc([Si](c4ccccc4)(c4ccccc4)c4cccc5c4oc4ccccc45)c3)c3ccccc3Oc3ccccc32)cc1.c1ccc([Si]2(c3cccc([Si](c4ccccc4)(c4ccccc4)c4cccc5c4sc4ccccc45)c3)c3ccccc3Oc3ccccc32)cc1. The fourth-order valence-corrected chi connectivity index (χ4v) is 67.5. The molecule has 0 radical (unpaired) electrons. The van der Waals surface area contributed by atoms with Crippen molar-refractivity contribution in [1.82, 2.24) is 0 Å². The fourth-order valence-electron chi connectivity index (χ4n) is 25.8. The van der Waals surface area contributed by atoms with Gasteiger partial charge in [0.25, 0.3) is 0 Å². The predicted molar refractivity (Wildman–Crippen MR) is 643 cm³/mol. The third-order valence-corrected chi connectivity index (χ3v) is 69.1. The van der Waals surface area contributed by atoms with Crippen molar-refractivity contribution in [1.29, 1.82) is 0 Å². The van der Waals surface area contributed by atoms with Gasteiger partial charge in [0.1, 0.15) is 56.8 Å². The quantitative estimate of drug-likeness (QED) is 0.0672. The van der Waals surface area contributed by atoms with Crippen LogP contribution < -0.4 is 128 Å². The Kier molecular flexibility index (Phi) is 23.2. The summed E-state index contributed by atoms with van der Waals surface area (Å²) in [6.07, 6.45) is 0. The summed E-state index contributed by atoms with van der Waals surface area (Å²) in [5.41, 5.74) is 3.77. The normalized spacial score (nSPS) is 13.4. The second-order valence-corrected chi connectivity index (χ2v) is 66.0. The molecule has 0 saturated carbocycles. The minimum Gasteiger partial charge on any atom is -0.458 e. The van der Waals surface area contributed by atoms with Crippen LogP contribution in [-0.2, 0) is 0 Å².